The zero-order valence-corrected chi connectivity index (χ0v) is 37.9. The van der Waals surface area contributed by atoms with E-state index >= 15 is 0 Å². The predicted octanol–water partition coefficient (Wildman–Crippen LogP) is 11.3. The maximum Gasteiger partial charge on any atom is 0.306 e. The highest BCUT2D eigenvalue weighted by molar-refractivity contribution is 5.69. The lowest BCUT2D eigenvalue weighted by molar-refractivity contribution is -0.305. The molecule has 0 spiro atoms. The lowest BCUT2D eigenvalue weighted by atomic mass is 9.99. The number of aliphatic hydroxyl groups is 4. The van der Waals surface area contributed by atoms with Gasteiger partial charge in [0.1, 0.15) is 30.5 Å². The summed E-state index contributed by atoms with van der Waals surface area (Å²) >= 11 is 0. The topological polar surface area (TPSA) is 135 Å². The molecule has 9 nitrogen and oxygen atoms in total. The van der Waals surface area contributed by atoms with Gasteiger partial charge in [-0.15, -0.1) is 0 Å². The summed E-state index contributed by atoms with van der Waals surface area (Å²) in [7, 11) is 0. The highest BCUT2D eigenvalue weighted by Gasteiger charge is 2.44. The summed E-state index contributed by atoms with van der Waals surface area (Å²) in [5.74, 6) is -0.347. The van der Waals surface area contributed by atoms with Gasteiger partial charge in [-0.2, -0.15) is 0 Å². The molecule has 0 aromatic rings. The zero-order chi connectivity index (χ0) is 43.6. The van der Waals surface area contributed by atoms with E-state index in [0.717, 1.165) is 64.2 Å². The molecule has 6 atom stereocenters. The van der Waals surface area contributed by atoms with Crippen LogP contribution in [0.4, 0.5) is 0 Å². The van der Waals surface area contributed by atoms with Gasteiger partial charge in [-0.05, 0) is 83.5 Å². The first-order valence-corrected chi connectivity index (χ1v) is 24.0. The van der Waals surface area contributed by atoms with Gasteiger partial charge in [0.25, 0.3) is 0 Å². The zero-order valence-electron chi connectivity index (χ0n) is 37.9. The second kappa shape index (κ2) is 42.0. The Morgan fingerprint density at radius 1 is 0.550 bits per heavy atom. The van der Waals surface area contributed by atoms with Crippen LogP contribution in [-0.2, 0) is 23.7 Å². The van der Waals surface area contributed by atoms with Gasteiger partial charge in [0.05, 0.1) is 19.8 Å². The van der Waals surface area contributed by atoms with E-state index in [1.165, 1.54) is 89.9 Å². The number of hydrogen-bond acceptors (Lipinski definition) is 9. The molecule has 1 saturated heterocycles. The van der Waals surface area contributed by atoms with E-state index in [1.807, 2.05) is 0 Å². The van der Waals surface area contributed by atoms with Crippen molar-refractivity contribution in [2.24, 2.45) is 0 Å². The molecular formula is C51H88O9. The van der Waals surface area contributed by atoms with Crippen LogP contribution in [0.3, 0.4) is 0 Å². The molecule has 9 heteroatoms. The Kier molecular flexibility index (Phi) is 38.9. The summed E-state index contributed by atoms with van der Waals surface area (Å²) < 4.78 is 22.8. The Labute approximate surface area is 366 Å². The molecule has 1 rings (SSSR count). The van der Waals surface area contributed by atoms with Crippen LogP contribution in [0, 0.1) is 0 Å². The summed E-state index contributed by atoms with van der Waals surface area (Å²) in [5, 5.41) is 40.2. The number of ether oxygens (including phenoxy) is 4. The maximum absolute atomic E-state index is 12.8. The van der Waals surface area contributed by atoms with Gasteiger partial charge in [-0.25, -0.2) is 0 Å². The Morgan fingerprint density at radius 2 is 1.02 bits per heavy atom. The third kappa shape index (κ3) is 32.4. The van der Waals surface area contributed by atoms with Gasteiger partial charge in [0.15, 0.2) is 6.29 Å². The summed E-state index contributed by atoms with van der Waals surface area (Å²) in [6, 6.07) is 0. The van der Waals surface area contributed by atoms with Crippen LogP contribution >= 0.6 is 0 Å². The average Bonchev–Trinajstić information content (AvgIpc) is 3.25. The molecule has 0 amide bonds. The normalized spacial score (nSPS) is 20.7. The fourth-order valence-electron chi connectivity index (χ4n) is 6.87. The minimum absolute atomic E-state index is 0.126. The van der Waals surface area contributed by atoms with Crippen LogP contribution in [0.2, 0.25) is 0 Å². The number of allylic oxidation sites excluding steroid dienone is 12. The van der Waals surface area contributed by atoms with E-state index in [-0.39, 0.29) is 25.6 Å². The molecule has 0 bridgehead atoms. The van der Waals surface area contributed by atoms with E-state index in [1.54, 1.807) is 0 Å². The molecule has 346 valence electrons. The van der Waals surface area contributed by atoms with Gasteiger partial charge in [0.2, 0.25) is 0 Å². The minimum Gasteiger partial charge on any atom is -0.457 e. The molecule has 0 radical (unpaired) electrons. The van der Waals surface area contributed by atoms with Gasteiger partial charge in [0, 0.05) is 13.0 Å². The van der Waals surface area contributed by atoms with Crippen molar-refractivity contribution in [3.05, 3.63) is 72.9 Å². The van der Waals surface area contributed by atoms with E-state index in [2.05, 4.69) is 86.8 Å². The fraction of sp³-hybridized carbons (Fsp3) is 0.745. The quantitative estimate of drug-likeness (QED) is 0.0270. The van der Waals surface area contributed by atoms with Crippen molar-refractivity contribution >= 4 is 5.97 Å². The Bertz CT molecular complexity index is 1140. The standard InChI is InChI=1S/C51H88O9/c1-3-5-7-9-11-13-15-17-19-21-23-24-26-28-30-32-34-36-38-40-47(53)59-45(44-58-51-50(56)49(55)48(54)46(42-52)60-51)43-57-41-39-37-35-33-31-29-27-25-22-20-18-16-14-12-10-8-6-4-2/h5,7,11,13,17-20,23-24,28,30,45-46,48-52,54-56H,3-4,6,8-10,12,14-16,21-22,25-27,29,31-44H2,1-2H3/b7-5-,13-11-,19-17-,20-18-,24-23-,30-28-. The van der Waals surface area contributed by atoms with E-state index in [0.29, 0.717) is 13.0 Å². The second-order valence-corrected chi connectivity index (χ2v) is 16.2. The van der Waals surface area contributed by atoms with Gasteiger partial charge in [-0.3, -0.25) is 4.79 Å². The third-order valence-corrected chi connectivity index (χ3v) is 10.6. The molecule has 1 heterocycles. The van der Waals surface area contributed by atoms with Gasteiger partial charge >= 0.3 is 5.97 Å². The molecule has 0 aromatic heterocycles. The minimum atomic E-state index is -1.55. The summed E-state index contributed by atoms with van der Waals surface area (Å²) in [6.45, 7) is 4.39. The van der Waals surface area contributed by atoms with Crippen molar-refractivity contribution in [2.75, 3.05) is 26.4 Å². The predicted molar refractivity (Wildman–Crippen MR) is 247 cm³/mol. The van der Waals surface area contributed by atoms with Crippen LogP contribution in [0.15, 0.2) is 72.9 Å². The van der Waals surface area contributed by atoms with E-state index in [4.69, 9.17) is 18.9 Å². The van der Waals surface area contributed by atoms with Crippen molar-refractivity contribution in [3.8, 4) is 0 Å². The first-order chi connectivity index (χ1) is 29.4. The van der Waals surface area contributed by atoms with Gasteiger partial charge < -0.3 is 39.4 Å². The lowest BCUT2D eigenvalue weighted by Gasteiger charge is -2.39. The highest BCUT2D eigenvalue weighted by atomic mass is 16.7. The molecule has 1 fully saturated rings. The molecule has 6 unspecified atom stereocenters. The van der Waals surface area contributed by atoms with Crippen molar-refractivity contribution in [1.29, 1.82) is 0 Å². The van der Waals surface area contributed by atoms with Crippen molar-refractivity contribution < 1.29 is 44.2 Å². The molecule has 0 saturated carbocycles. The molecule has 0 aromatic carbocycles. The van der Waals surface area contributed by atoms with Crippen molar-refractivity contribution in [1.82, 2.24) is 0 Å². The van der Waals surface area contributed by atoms with Crippen molar-refractivity contribution in [2.45, 2.75) is 218 Å². The maximum atomic E-state index is 12.8. The Morgan fingerprint density at radius 3 is 1.55 bits per heavy atom. The van der Waals surface area contributed by atoms with Gasteiger partial charge in [-0.1, -0.05) is 164 Å². The van der Waals surface area contributed by atoms with Crippen molar-refractivity contribution in [3.63, 3.8) is 0 Å². The Hall–Kier alpha value is -2.37. The largest absolute Gasteiger partial charge is 0.457 e. The Balaban J connectivity index is 2.28. The summed E-state index contributed by atoms with van der Waals surface area (Å²) in [4.78, 5) is 12.8. The number of unbranched alkanes of at least 4 members (excludes halogenated alkanes) is 17. The lowest BCUT2D eigenvalue weighted by Crippen LogP contribution is -2.59. The summed E-state index contributed by atoms with van der Waals surface area (Å²) in [6.07, 6.45) is 47.8. The second-order valence-electron chi connectivity index (χ2n) is 16.2. The monoisotopic (exact) mass is 845 g/mol. The number of carbonyl (C=O) groups is 1. The average molecular weight is 845 g/mol. The number of rotatable bonds is 40. The molecule has 4 N–H and O–H groups in total. The molecule has 1 aliphatic heterocycles. The van der Waals surface area contributed by atoms with Crippen LogP contribution < -0.4 is 0 Å². The number of hydrogen-bond donors (Lipinski definition) is 4. The number of carbonyl (C=O) groups excluding carboxylic acids is 1. The molecule has 1 aliphatic rings. The number of aliphatic hydroxyl groups excluding tert-OH is 4. The van der Waals surface area contributed by atoms with E-state index in [9.17, 15) is 25.2 Å². The van der Waals surface area contributed by atoms with Crippen LogP contribution in [0.1, 0.15) is 181 Å². The molecule has 0 aliphatic carbocycles. The fourth-order valence-corrected chi connectivity index (χ4v) is 6.87. The van der Waals surface area contributed by atoms with Crippen LogP contribution in [-0.4, -0.2) is 89.6 Å². The third-order valence-electron chi connectivity index (χ3n) is 10.6. The SMILES string of the molecule is CC/C=C\C/C=C\C/C=C\C/C=C\C/C=C\CCCCCC(=O)OC(COCCCCCCCCCC/C=C\CCCCCCCC)COC1OC(CO)C(O)C(O)C1O. The molecular weight excluding hydrogens is 757 g/mol. The van der Waals surface area contributed by atoms with Crippen LogP contribution in [0.5, 0.6) is 0 Å². The number of esters is 1. The molecule has 60 heavy (non-hydrogen) atoms. The smallest absolute Gasteiger partial charge is 0.306 e. The summed E-state index contributed by atoms with van der Waals surface area (Å²) in [5.41, 5.74) is 0. The first kappa shape index (κ1) is 55.6. The van der Waals surface area contributed by atoms with Crippen LogP contribution in [0.25, 0.3) is 0 Å². The van der Waals surface area contributed by atoms with E-state index < -0.39 is 43.4 Å². The highest BCUT2D eigenvalue weighted by Crippen LogP contribution is 2.22. The first-order valence-electron chi connectivity index (χ1n) is 24.0.